The standard InChI is InChI=1S/C17H15NO4/c1-20-14-6-4-13(5-7-14)15(19)11-22-16-8-3-12(10-18)9-17(16)21-2/h3-9H,11H2,1-2H3. The van der Waals surface area contributed by atoms with Crippen molar-refractivity contribution in [3.8, 4) is 23.3 Å². The molecule has 0 radical (unpaired) electrons. The van der Waals surface area contributed by atoms with E-state index in [9.17, 15) is 4.79 Å². The zero-order valence-corrected chi connectivity index (χ0v) is 12.3. The highest BCUT2D eigenvalue weighted by Crippen LogP contribution is 2.28. The maximum atomic E-state index is 12.1. The van der Waals surface area contributed by atoms with Crippen molar-refractivity contribution in [2.45, 2.75) is 0 Å². The van der Waals surface area contributed by atoms with E-state index in [1.165, 1.54) is 7.11 Å². The summed E-state index contributed by atoms with van der Waals surface area (Å²) in [4.78, 5) is 12.1. The third-order valence-electron chi connectivity index (χ3n) is 3.06. The SMILES string of the molecule is COc1ccc(C(=O)COc2ccc(C#N)cc2OC)cc1. The highest BCUT2D eigenvalue weighted by atomic mass is 16.5. The molecule has 112 valence electrons. The molecular weight excluding hydrogens is 282 g/mol. The van der Waals surface area contributed by atoms with Crippen molar-refractivity contribution in [2.75, 3.05) is 20.8 Å². The van der Waals surface area contributed by atoms with Gasteiger partial charge in [-0.3, -0.25) is 4.79 Å². The lowest BCUT2D eigenvalue weighted by Gasteiger charge is -2.10. The van der Waals surface area contributed by atoms with Crippen molar-refractivity contribution in [3.05, 3.63) is 53.6 Å². The number of nitriles is 1. The number of carbonyl (C=O) groups excluding carboxylic acids is 1. The molecule has 2 aromatic rings. The number of nitrogens with zero attached hydrogens (tertiary/aromatic N) is 1. The summed E-state index contributed by atoms with van der Waals surface area (Å²) in [6.07, 6.45) is 0. The van der Waals surface area contributed by atoms with Crippen LogP contribution in [0.5, 0.6) is 17.2 Å². The number of ketones is 1. The van der Waals surface area contributed by atoms with Crippen LogP contribution in [-0.2, 0) is 0 Å². The number of carbonyl (C=O) groups is 1. The molecule has 0 saturated heterocycles. The van der Waals surface area contributed by atoms with Crippen LogP contribution in [0.3, 0.4) is 0 Å². The van der Waals surface area contributed by atoms with Crippen LogP contribution in [0.4, 0.5) is 0 Å². The Kier molecular flexibility index (Phi) is 4.99. The average Bonchev–Trinajstić information content (AvgIpc) is 2.59. The molecule has 0 aliphatic rings. The maximum absolute atomic E-state index is 12.1. The van der Waals surface area contributed by atoms with Crippen molar-refractivity contribution in [1.29, 1.82) is 5.26 Å². The summed E-state index contributed by atoms with van der Waals surface area (Å²) in [5.41, 5.74) is 0.999. The lowest BCUT2D eigenvalue weighted by molar-refractivity contribution is 0.0919. The Morgan fingerprint density at radius 2 is 1.77 bits per heavy atom. The number of rotatable bonds is 6. The van der Waals surface area contributed by atoms with Crippen LogP contribution in [0, 0.1) is 11.3 Å². The molecule has 0 bridgehead atoms. The fourth-order valence-electron chi connectivity index (χ4n) is 1.86. The Bertz CT molecular complexity index is 702. The number of benzene rings is 2. The van der Waals surface area contributed by atoms with Crippen molar-refractivity contribution >= 4 is 5.78 Å². The molecule has 0 aromatic heterocycles. The molecule has 0 heterocycles. The Morgan fingerprint density at radius 1 is 1.05 bits per heavy atom. The zero-order valence-electron chi connectivity index (χ0n) is 12.3. The van der Waals surface area contributed by atoms with Crippen LogP contribution in [-0.4, -0.2) is 26.6 Å². The van der Waals surface area contributed by atoms with E-state index < -0.39 is 0 Å². The van der Waals surface area contributed by atoms with Gasteiger partial charge in [0, 0.05) is 11.6 Å². The first-order valence-corrected chi connectivity index (χ1v) is 6.56. The van der Waals surface area contributed by atoms with Crippen molar-refractivity contribution in [1.82, 2.24) is 0 Å². The minimum absolute atomic E-state index is 0.116. The molecule has 0 spiro atoms. The van der Waals surface area contributed by atoms with Gasteiger partial charge in [-0.25, -0.2) is 0 Å². The van der Waals surface area contributed by atoms with Gasteiger partial charge in [0.2, 0.25) is 0 Å². The summed E-state index contributed by atoms with van der Waals surface area (Å²) in [5, 5.41) is 8.85. The minimum atomic E-state index is -0.158. The first kappa shape index (κ1) is 15.4. The summed E-state index contributed by atoms with van der Waals surface area (Å²) < 4.78 is 15.7. The van der Waals surface area contributed by atoms with Crippen molar-refractivity contribution < 1.29 is 19.0 Å². The summed E-state index contributed by atoms with van der Waals surface area (Å²) >= 11 is 0. The van der Waals surface area contributed by atoms with Gasteiger partial charge >= 0.3 is 0 Å². The molecule has 0 fully saturated rings. The van der Waals surface area contributed by atoms with Gasteiger partial charge in [0.05, 0.1) is 25.9 Å². The van der Waals surface area contributed by atoms with E-state index >= 15 is 0 Å². The molecule has 0 amide bonds. The molecule has 0 N–H and O–H groups in total. The zero-order chi connectivity index (χ0) is 15.9. The summed E-state index contributed by atoms with van der Waals surface area (Å²) in [5.74, 6) is 1.37. The van der Waals surface area contributed by atoms with Crippen molar-refractivity contribution in [3.63, 3.8) is 0 Å². The molecular formula is C17H15NO4. The fourth-order valence-corrected chi connectivity index (χ4v) is 1.86. The highest BCUT2D eigenvalue weighted by Gasteiger charge is 2.10. The molecule has 5 nitrogen and oxygen atoms in total. The number of hydrogen-bond acceptors (Lipinski definition) is 5. The Balaban J connectivity index is 2.06. The predicted molar refractivity (Wildman–Crippen MR) is 80.5 cm³/mol. The Hall–Kier alpha value is -3.00. The Labute approximate surface area is 128 Å². The topological polar surface area (TPSA) is 68.5 Å². The van der Waals surface area contributed by atoms with Crippen LogP contribution in [0.15, 0.2) is 42.5 Å². The van der Waals surface area contributed by atoms with Gasteiger partial charge in [-0.15, -0.1) is 0 Å². The third kappa shape index (κ3) is 3.55. The monoisotopic (exact) mass is 297 g/mol. The van der Waals surface area contributed by atoms with Gasteiger partial charge in [0.1, 0.15) is 5.75 Å². The normalized spacial score (nSPS) is 9.68. The van der Waals surface area contributed by atoms with E-state index in [4.69, 9.17) is 19.5 Å². The third-order valence-corrected chi connectivity index (χ3v) is 3.06. The lowest BCUT2D eigenvalue weighted by atomic mass is 10.1. The first-order chi connectivity index (χ1) is 10.7. The van der Waals surface area contributed by atoms with Gasteiger partial charge in [0.25, 0.3) is 0 Å². The van der Waals surface area contributed by atoms with Gasteiger partial charge in [-0.05, 0) is 36.4 Å². The van der Waals surface area contributed by atoms with Gasteiger partial charge in [-0.1, -0.05) is 0 Å². The summed E-state index contributed by atoms with van der Waals surface area (Å²) in [6, 6.07) is 13.6. The second-order valence-corrected chi connectivity index (χ2v) is 4.42. The second-order valence-electron chi connectivity index (χ2n) is 4.42. The second kappa shape index (κ2) is 7.14. The van der Waals surface area contributed by atoms with E-state index in [-0.39, 0.29) is 12.4 Å². The first-order valence-electron chi connectivity index (χ1n) is 6.56. The highest BCUT2D eigenvalue weighted by molar-refractivity contribution is 5.97. The van der Waals surface area contributed by atoms with E-state index in [2.05, 4.69) is 0 Å². The lowest BCUT2D eigenvalue weighted by Crippen LogP contribution is -2.12. The molecule has 2 aromatic carbocycles. The molecule has 0 atom stereocenters. The summed E-state index contributed by atoms with van der Waals surface area (Å²) in [7, 11) is 3.05. The van der Waals surface area contributed by atoms with E-state index in [1.54, 1.807) is 49.6 Å². The quantitative estimate of drug-likeness (QED) is 0.767. The average molecular weight is 297 g/mol. The van der Waals surface area contributed by atoms with Crippen molar-refractivity contribution in [2.24, 2.45) is 0 Å². The molecule has 0 unspecified atom stereocenters. The predicted octanol–water partition coefficient (Wildman–Crippen LogP) is 2.84. The van der Waals surface area contributed by atoms with Crippen LogP contribution < -0.4 is 14.2 Å². The molecule has 0 aliphatic heterocycles. The molecule has 0 saturated carbocycles. The fraction of sp³-hybridized carbons (Fsp3) is 0.176. The number of ether oxygens (including phenoxy) is 3. The molecule has 2 rings (SSSR count). The van der Waals surface area contributed by atoms with Crippen LogP contribution >= 0.6 is 0 Å². The van der Waals surface area contributed by atoms with Gasteiger partial charge in [0.15, 0.2) is 23.9 Å². The van der Waals surface area contributed by atoms with E-state index in [0.717, 1.165) is 0 Å². The molecule has 5 heteroatoms. The smallest absolute Gasteiger partial charge is 0.200 e. The van der Waals surface area contributed by atoms with Gasteiger partial charge < -0.3 is 14.2 Å². The molecule has 22 heavy (non-hydrogen) atoms. The minimum Gasteiger partial charge on any atom is -0.497 e. The number of Topliss-reactive ketones (excluding diaryl/α,β-unsaturated/α-hetero) is 1. The van der Waals surface area contributed by atoms with Gasteiger partial charge in [-0.2, -0.15) is 5.26 Å². The number of hydrogen-bond donors (Lipinski definition) is 0. The number of methoxy groups -OCH3 is 2. The van der Waals surface area contributed by atoms with E-state index in [0.29, 0.717) is 28.4 Å². The molecule has 0 aliphatic carbocycles. The summed E-state index contributed by atoms with van der Waals surface area (Å²) in [6.45, 7) is -0.116. The van der Waals surface area contributed by atoms with E-state index in [1.807, 2.05) is 6.07 Å². The largest absolute Gasteiger partial charge is 0.497 e. The van der Waals surface area contributed by atoms with Crippen LogP contribution in [0.1, 0.15) is 15.9 Å². The Morgan fingerprint density at radius 3 is 2.36 bits per heavy atom. The van der Waals surface area contributed by atoms with Crippen LogP contribution in [0.25, 0.3) is 0 Å². The maximum Gasteiger partial charge on any atom is 0.200 e. The van der Waals surface area contributed by atoms with Crippen LogP contribution in [0.2, 0.25) is 0 Å².